The van der Waals surface area contributed by atoms with Crippen molar-refractivity contribution in [1.29, 1.82) is 0 Å². The second-order valence-electron chi connectivity index (χ2n) is 3.42. The van der Waals surface area contributed by atoms with Crippen LogP contribution < -0.4 is 5.73 Å². The van der Waals surface area contributed by atoms with E-state index in [1.54, 1.807) is 36.4 Å². The number of aromatic carboxylic acids is 1. The van der Waals surface area contributed by atoms with E-state index in [1.165, 1.54) is 0 Å². The van der Waals surface area contributed by atoms with E-state index in [0.717, 1.165) is 0 Å². The fraction of sp³-hybridized carbons (Fsp3) is 0. The molecule has 0 atom stereocenters. The summed E-state index contributed by atoms with van der Waals surface area (Å²) in [6.07, 6.45) is 0. The van der Waals surface area contributed by atoms with Gasteiger partial charge in [0.2, 0.25) is 0 Å². The van der Waals surface area contributed by atoms with Crippen LogP contribution in [-0.4, -0.2) is 16.1 Å². The van der Waals surface area contributed by atoms with Gasteiger partial charge in [0.1, 0.15) is 5.82 Å². The minimum atomic E-state index is -1.13. The van der Waals surface area contributed by atoms with Crippen molar-refractivity contribution in [2.45, 2.75) is 0 Å². The Balaban J connectivity index is 2.68. The number of halogens is 1. The maximum atomic E-state index is 11.1. The molecule has 0 aliphatic heterocycles. The summed E-state index contributed by atoms with van der Waals surface area (Å²) < 4.78 is 0. The monoisotopic (exact) mass is 248 g/mol. The number of carboxylic acids is 1. The molecule has 17 heavy (non-hydrogen) atoms. The molecule has 0 fully saturated rings. The number of anilines is 1. The third-order valence-corrected chi connectivity index (χ3v) is 2.61. The predicted molar refractivity (Wildman–Crippen MR) is 66.1 cm³/mol. The molecule has 0 spiro atoms. The lowest BCUT2D eigenvalue weighted by molar-refractivity contribution is 0.0691. The van der Waals surface area contributed by atoms with Crippen molar-refractivity contribution < 1.29 is 9.90 Å². The maximum Gasteiger partial charge on any atom is 0.355 e. The summed E-state index contributed by atoms with van der Waals surface area (Å²) in [5.74, 6) is -0.967. The molecule has 0 amide bonds. The van der Waals surface area contributed by atoms with Crippen molar-refractivity contribution in [3.05, 3.63) is 47.1 Å². The molecule has 0 saturated heterocycles. The van der Waals surface area contributed by atoms with Crippen molar-refractivity contribution in [3.63, 3.8) is 0 Å². The van der Waals surface area contributed by atoms with E-state index in [-0.39, 0.29) is 11.5 Å². The molecular formula is C12H9ClN2O2. The molecule has 86 valence electrons. The van der Waals surface area contributed by atoms with Crippen LogP contribution in [0.2, 0.25) is 5.02 Å². The Hall–Kier alpha value is -2.07. The number of rotatable bonds is 2. The van der Waals surface area contributed by atoms with E-state index >= 15 is 0 Å². The lowest BCUT2D eigenvalue weighted by atomic mass is 10.0. The largest absolute Gasteiger partial charge is 0.476 e. The van der Waals surface area contributed by atoms with Gasteiger partial charge >= 0.3 is 5.97 Å². The van der Waals surface area contributed by atoms with Crippen molar-refractivity contribution in [1.82, 2.24) is 4.98 Å². The quantitative estimate of drug-likeness (QED) is 0.857. The zero-order chi connectivity index (χ0) is 12.4. The number of carboxylic acid groups (broad SMARTS) is 1. The number of pyridine rings is 1. The number of benzene rings is 1. The smallest absolute Gasteiger partial charge is 0.355 e. The Morgan fingerprint density at radius 2 is 1.88 bits per heavy atom. The summed E-state index contributed by atoms with van der Waals surface area (Å²) in [6, 6.07) is 10.1. The Morgan fingerprint density at radius 3 is 2.53 bits per heavy atom. The predicted octanol–water partition coefficient (Wildman–Crippen LogP) is 2.68. The summed E-state index contributed by atoms with van der Waals surface area (Å²) >= 11 is 6.02. The number of nitrogen functional groups attached to an aromatic ring is 1. The molecule has 5 heteroatoms. The first kappa shape index (κ1) is 11.4. The molecule has 4 nitrogen and oxygen atoms in total. The van der Waals surface area contributed by atoms with E-state index in [4.69, 9.17) is 22.4 Å². The SMILES string of the molecule is Nc1ccc(-c2ccccc2Cl)c(C(=O)O)n1. The fourth-order valence-corrected chi connectivity index (χ4v) is 1.77. The van der Waals surface area contributed by atoms with E-state index in [9.17, 15) is 4.79 Å². The van der Waals surface area contributed by atoms with Gasteiger partial charge in [0.25, 0.3) is 0 Å². The van der Waals surface area contributed by atoms with E-state index in [0.29, 0.717) is 16.1 Å². The fourth-order valence-electron chi connectivity index (χ4n) is 1.53. The van der Waals surface area contributed by atoms with Crippen molar-refractivity contribution in [2.75, 3.05) is 5.73 Å². The van der Waals surface area contributed by atoms with Crippen LogP contribution in [0.3, 0.4) is 0 Å². The van der Waals surface area contributed by atoms with Gasteiger partial charge in [-0.25, -0.2) is 9.78 Å². The first-order valence-electron chi connectivity index (χ1n) is 4.84. The lowest BCUT2D eigenvalue weighted by Crippen LogP contribution is -2.05. The number of nitrogens with zero attached hydrogens (tertiary/aromatic N) is 1. The first-order valence-corrected chi connectivity index (χ1v) is 5.22. The Bertz CT molecular complexity index is 584. The Kier molecular flexibility index (Phi) is 2.97. The highest BCUT2D eigenvalue weighted by atomic mass is 35.5. The van der Waals surface area contributed by atoms with Gasteiger partial charge in [-0.1, -0.05) is 29.8 Å². The van der Waals surface area contributed by atoms with Crippen molar-refractivity contribution in [2.24, 2.45) is 0 Å². The molecule has 0 aliphatic carbocycles. The van der Waals surface area contributed by atoms with Crippen molar-refractivity contribution in [3.8, 4) is 11.1 Å². The van der Waals surface area contributed by atoms with Gasteiger partial charge in [-0.15, -0.1) is 0 Å². The molecule has 0 bridgehead atoms. The molecule has 0 aliphatic rings. The van der Waals surface area contributed by atoms with Gasteiger partial charge in [0.05, 0.1) is 0 Å². The van der Waals surface area contributed by atoms with Crippen LogP contribution in [0.15, 0.2) is 36.4 Å². The van der Waals surface area contributed by atoms with Crippen LogP contribution >= 0.6 is 11.6 Å². The third-order valence-electron chi connectivity index (χ3n) is 2.28. The standard InChI is InChI=1S/C12H9ClN2O2/c13-9-4-2-1-3-7(9)8-5-6-10(14)15-11(8)12(16)17/h1-6H,(H2,14,15)(H,16,17). The van der Waals surface area contributed by atoms with Gasteiger partial charge in [-0.05, 0) is 18.2 Å². The number of aromatic nitrogens is 1. The van der Waals surface area contributed by atoms with Gasteiger partial charge in [-0.2, -0.15) is 0 Å². The van der Waals surface area contributed by atoms with Crippen LogP contribution in [0.25, 0.3) is 11.1 Å². The van der Waals surface area contributed by atoms with Crippen LogP contribution in [0.5, 0.6) is 0 Å². The molecule has 0 unspecified atom stereocenters. The molecule has 1 heterocycles. The number of nitrogens with two attached hydrogens (primary N) is 1. The van der Waals surface area contributed by atoms with Gasteiger partial charge in [0, 0.05) is 16.1 Å². The molecule has 1 aromatic heterocycles. The third kappa shape index (κ3) is 2.21. The topological polar surface area (TPSA) is 76.2 Å². The first-order chi connectivity index (χ1) is 8.09. The summed E-state index contributed by atoms with van der Waals surface area (Å²) in [7, 11) is 0. The molecule has 2 rings (SSSR count). The van der Waals surface area contributed by atoms with Crippen LogP contribution in [0.1, 0.15) is 10.5 Å². The Labute approximate surface area is 103 Å². The second-order valence-corrected chi connectivity index (χ2v) is 3.82. The summed E-state index contributed by atoms with van der Waals surface area (Å²) in [5.41, 5.74) is 6.45. The lowest BCUT2D eigenvalue weighted by Gasteiger charge is -2.07. The van der Waals surface area contributed by atoms with E-state index < -0.39 is 5.97 Å². The Morgan fingerprint density at radius 1 is 1.18 bits per heavy atom. The highest BCUT2D eigenvalue weighted by Crippen LogP contribution is 2.30. The van der Waals surface area contributed by atoms with E-state index in [1.807, 2.05) is 0 Å². The van der Waals surface area contributed by atoms with Crippen LogP contribution in [0.4, 0.5) is 5.82 Å². The average Bonchev–Trinajstić information content (AvgIpc) is 2.30. The normalized spacial score (nSPS) is 10.2. The van der Waals surface area contributed by atoms with Crippen molar-refractivity contribution >= 4 is 23.4 Å². The molecule has 3 N–H and O–H groups in total. The second kappa shape index (κ2) is 4.43. The summed E-state index contributed by atoms with van der Waals surface area (Å²) in [5, 5.41) is 9.55. The highest BCUT2D eigenvalue weighted by Gasteiger charge is 2.15. The molecule has 0 saturated carbocycles. The van der Waals surface area contributed by atoms with Gasteiger partial charge in [-0.3, -0.25) is 0 Å². The van der Waals surface area contributed by atoms with E-state index in [2.05, 4.69) is 4.98 Å². The average molecular weight is 249 g/mol. The van der Waals surface area contributed by atoms with Gasteiger partial charge in [0.15, 0.2) is 5.69 Å². The minimum Gasteiger partial charge on any atom is -0.476 e. The number of carbonyl (C=O) groups is 1. The molecular weight excluding hydrogens is 240 g/mol. The maximum absolute atomic E-state index is 11.1. The zero-order valence-electron chi connectivity index (χ0n) is 8.72. The zero-order valence-corrected chi connectivity index (χ0v) is 9.48. The molecule has 0 radical (unpaired) electrons. The minimum absolute atomic E-state index is 0.0990. The summed E-state index contributed by atoms with van der Waals surface area (Å²) in [6.45, 7) is 0. The van der Waals surface area contributed by atoms with Crippen LogP contribution in [-0.2, 0) is 0 Å². The van der Waals surface area contributed by atoms with Gasteiger partial charge < -0.3 is 10.8 Å². The number of hydrogen-bond donors (Lipinski definition) is 2. The number of hydrogen-bond acceptors (Lipinski definition) is 3. The molecule has 1 aromatic carbocycles. The van der Waals surface area contributed by atoms with Crippen LogP contribution in [0, 0.1) is 0 Å². The highest BCUT2D eigenvalue weighted by molar-refractivity contribution is 6.33. The summed E-state index contributed by atoms with van der Waals surface area (Å²) in [4.78, 5) is 14.9. The molecule has 2 aromatic rings.